The van der Waals surface area contributed by atoms with Crippen LogP contribution < -0.4 is 10.1 Å². The van der Waals surface area contributed by atoms with Crippen molar-refractivity contribution in [3.63, 3.8) is 0 Å². The van der Waals surface area contributed by atoms with Gasteiger partial charge in [-0.3, -0.25) is 0 Å². The number of nitrogens with one attached hydrogen (secondary N) is 1. The summed E-state index contributed by atoms with van der Waals surface area (Å²) in [5, 5.41) is 3.46. The van der Waals surface area contributed by atoms with Crippen molar-refractivity contribution in [1.29, 1.82) is 0 Å². The summed E-state index contributed by atoms with van der Waals surface area (Å²) in [6.45, 7) is 2.66. The Kier molecular flexibility index (Phi) is 6.13. The molecule has 0 amide bonds. The predicted octanol–water partition coefficient (Wildman–Crippen LogP) is 3.88. The zero-order valence-corrected chi connectivity index (χ0v) is 14.2. The molecule has 5 heteroatoms. The third-order valence-electron chi connectivity index (χ3n) is 3.24. The Morgan fingerprint density at radius 1 is 1.32 bits per heavy atom. The lowest BCUT2D eigenvalue weighted by Gasteiger charge is -2.22. The Morgan fingerprint density at radius 2 is 2.05 bits per heavy atom. The largest absolute Gasteiger partial charge is 0.494 e. The standard InChI is InChI=1S/C14H19Br2NO2/c1-18-14-12(15)6-10(7-13(14)16)8-17-9-11-4-2-3-5-19-11/h6-7,11,17H,2-5,8-9H2,1H3. The van der Waals surface area contributed by atoms with Crippen molar-refractivity contribution >= 4 is 31.9 Å². The Bertz CT molecular complexity index is 397. The molecule has 2 rings (SSSR count). The van der Waals surface area contributed by atoms with Gasteiger partial charge in [-0.1, -0.05) is 0 Å². The lowest BCUT2D eigenvalue weighted by Crippen LogP contribution is -2.31. The summed E-state index contributed by atoms with van der Waals surface area (Å²) < 4.78 is 12.9. The fraction of sp³-hybridized carbons (Fsp3) is 0.571. The Hall–Kier alpha value is -0.100. The van der Waals surface area contributed by atoms with E-state index < -0.39 is 0 Å². The van der Waals surface area contributed by atoms with E-state index in [1.165, 1.54) is 24.8 Å². The minimum atomic E-state index is 0.374. The summed E-state index contributed by atoms with van der Waals surface area (Å²) in [6.07, 6.45) is 4.03. The lowest BCUT2D eigenvalue weighted by molar-refractivity contribution is 0.0168. The maximum absolute atomic E-state index is 5.70. The van der Waals surface area contributed by atoms with Gasteiger partial charge in [0, 0.05) is 19.7 Å². The van der Waals surface area contributed by atoms with Crippen LogP contribution in [-0.4, -0.2) is 26.4 Å². The van der Waals surface area contributed by atoms with Gasteiger partial charge in [-0.2, -0.15) is 0 Å². The second-order valence-corrected chi connectivity index (χ2v) is 6.42. The average molecular weight is 393 g/mol. The Balaban J connectivity index is 1.85. The van der Waals surface area contributed by atoms with Crippen molar-refractivity contribution in [3.05, 3.63) is 26.6 Å². The predicted molar refractivity (Wildman–Crippen MR) is 83.7 cm³/mol. The molecular formula is C14H19Br2NO2. The molecular weight excluding hydrogens is 374 g/mol. The van der Waals surface area contributed by atoms with Gasteiger partial charge in [-0.15, -0.1) is 0 Å². The van der Waals surface area contributed by atoms with Crippen molar-refractivity contribution < 1.29 is 9.47 Å². The number of hydrogen-bond acceptors (Lipinski definition) is 3. The molecule has 1 N–H and O–H groups in total. The van der Waals surface area contributed by atoms with E-state index in [0.717, 1.165) is 34.4 Å². The first-order chi connectivity index (χ1) is 9.20. The van der Waals surface area contributed by atoms with Crippen LogP contribution in [0.4, 0.5) is 0 Å². The van der Waals surface area contributed by atoms with Gasteiger partial charge in [-0.25, -0.2) is 0 Å². The Labute approximate surface area is 131 Å². The normalized spacial score (nSPS) is 19.4. The molecule has 0 spiro atoms. The maximum atomic E-state index is 5.70. The molecule has 1 saturated heterocycles. The molecule has 1 atom stereocenters. The zero-order chi connectivity index (χ0) is 13.7. The van der Waals surface area contributed by atoms with Gasteiger partial charge in [0.2, 0.25) is 0 Å². The van der Waals surface area contributed by atoms with Gasteiger partial charge in [0.05, 0.1) is 22.2 Å². The number of ether oxygens (including phenoxy) is 2. The summed E-state index contributed by atoms with van der Waals surface area (Å²) in [7, 11) is 1.67. The topological polar surface area (TPSA) is 30.5 Å². The number of rotatable bonds is 5. The van der Waals surface area contributed by atoms with E-state index >= 15 is 0 Å². The first kappa shape index (κ1) is 15.3. The van der Waals surface area contributed by atoms with E-state index in [4.69, 9.17) is 9.47 Å². The third-order valence-corrected chi connectivity index (χ3v) is 4.42. The molecule has 0 radical (unpaired) electrons. The number of hydrogen-bond donors (Lipinski definition) is 1. The smallest absolute Gasteiger partial charge is 0.147 e. The van der Waals surface area contributed by atoms with E-state index in [9.17, 15) is 0 Å². The molecule has 0 saturated carbocycles. The average Bonchev–Trinajstić information content (AvgIpc) is 2.40. The van der Waals surface area contributed by atoms with Gasteiger partial charge in [0.15, 0.2) is 0 Å². The molecule has 1 aliphatic rings. The van der Waals surface area contributed by atoms with Gasteiger partial charge < -0.3 is 14.8 Å². The fourth-order valence-corrected chi connectivity index (χ4v) is 3.86. The first-order valence-corrected chi connectivity index (χ1v) is 8.13. The van der Waals surface area contributed by atoms with Gasteiger partial charge in [0.25, 0.3) is 0 Å². The number of halogens is 2. The van der Waals surface area contributed by atoms with Crippen LogP contribution in [0.3, 0.4) is 0 Å². The summed E-state index contributed by atoms with van der Waals surface area (Å²) >= 11 is 7.04. The molecule has 1 heterocycles. The van der Waals surface area contributed by atoms with Crippen molar-refractivity contribution in [1.82, 2.24) is 5.32 Å². The number of benzene rings is 1. The van der Waals surface area contributed by atoms with Crippen LogP contribution in [0.2, 0.25) is 0 Å². The SMILES string of the molecule is COc1c(Br)cc(CNCC2CCCCO2)cc1Br. The van der Waals surface area contributed by atoms with Gasteiger partial charge >= 0.3 is 0 Å². The second-order valence-electron chi connectivity index (χ2n) is 4.71. The molecule has 1 fully saturated rings. The summed E-state index contributed by atoms with van der Waals surface area (Å²) in [4.78, 5) is 0. The van der Waals surface area contributed by atoms with Crippen LogP contribution in [0.1, 0.15) is 24.8 Å². The second kappa shape index (κ2) is 7.62. The Morgan fingerprint density at radius 3 is 2.63 bits per heavy atom. The van der Waals surface area contributed by atoms with E-state index in [-0.39, 0.29) is 0 Å². The molecule has 0 bridgehead atoms. The molecule has 1 aliphatic heterocycles. The number of methoxy groups -OCH3 is 1. The van der Waals surface area contributed by atoms with Gasteiger partial charge in [0.1, 0.15) is 5.75 Å². The van der Waals surface area contributed by atoms with Crippen molar-refractivity contribution in [2.45, 2.75) is 31.9 Å². The van der Waals surface area contributed by atoms with Crippen molar-refractivity contribution in [2.75, 3.05) is 20.3 Å². The van der Waals surface area contributed by atoms with Gasteiger partial charge in [-0.05, 0) is 68.8 Å². The minimum absolute atomic E-state index is 0.374. The summed E-state index contributed by atoms with van der Waals surface area (Å²) in [5.41, 5.74) is 1.22. The summed E-state index contributed by atoms with van der Waals surface area (Å²) in [5.74, 6) is 0.833. The van der Waals surface area contributed by atoms with Crippen LogP contribution in [0, 0.1) is 0 Å². The molecule has 0 aliphatic carbocycles. The highest BCUT2D eigenvalue weighted by Crippen LogP contribution is 2.34. The molecule has 19 heavy (non-hydrogen) atoms. The molecule has 106 valence electrons. The molecule has 1 unspecified atom stereocenters. The van der Waals surface area contributed by atoms with Crippen LogP contribution in [0.15, 0.2) is 21.1 Å². The fourth-order valence-electron chi connectivity index (χ4n) is 2.26. The van der Waals surface area contributed by atoms with Crippen molar-refractivity contribution in [2.24, 2.45) is 0 Å². The monoisotopic (exact) mass is 391 g/mol. The van der Waals surface area contributed by atoms with Crippen LogP contribution in [0.25, 0.3) is 0 Å². The minimum Gasteiger partial charge on any atom is -0.494 e. The van der Waals surface area contributed by atoms with Crippen molar-refractivity contribution in [3.8, 4) is 5.75 Å². The van der Waals surface area contributed by atoms with E-state index in [2.05, 4.69) is 49.3 Å². The maximum Gasteiger partial charge on any atom is 0.147 e. The highest BCUT2D eigenvalue weighted by Gasteiger charge is 2.13. The van der Waals surface area contributed by atoms with E-state index in [1.54, 1.807) is 7.11 Å². The molecule has 3 nitrogen and oxygen atoms in total. The molecule has 0 aromatic heterocycles. The summed E-state index contributed by atoms with van der Waals surface area (Å²) in [6, 6.07) is 4.16. The van der Waals surface area contributed by atoms with Crippen LogP contribution >= 0.6 is 31.9 Å². The lowest BCUT2D eigenvalue weighted by atomic mass is 10.1. The van der Waals surface area contributed by atoms with Crippen LogP contribution in [0.5, 0.6) is 5.75 Å². The first-order valence-electron chi connectivity index (χ1n) is 6.55. The van der Waals surface area contributed by atoms with E-state index in [1.807, 2.05) is 0 Å². The van der Waals surface area contributed by atoms with Crippen LogP contribution in [-0.2, 0) is 11.3 Å². The quantitative estimate of drug-likeness (QED) is 0.824. The third kappa shape index (κ3) is 4.45. The van der Waals surface area contributed by atoms with E-state index in [0.29, 0.717) is 6.10 Å². The highest BCUT2D eigenvalue weighted by atomic mass is 79.9. The highest BCUT2D eigenvalue weighted by molar-refractivity contribution is 9.11. The molecule has 1 aromatic rings. The zero-order valence-electron chi connectivity index (χ0n) is 11.0. The molecule has 1 aromatic carbocycles.